The van der Waals surface area contributed by atoms with Crippen molar-refractivity contribution in [3.63, 3.8) is 0 Å². The number of carbonyl (C=O) groups is 1. The Labute approximate surface area is 173 Å². The average Bonchev–Trinajstić information content (AvgIpc) is 2.98. The lowest BCUT2D eigenvalue weighted by molar-refractivity contribution is -0.142. The minimum atomic E-state index is -4.69. The number of alkyl halides is 3. The molecule has 0 fully saturated rings. The van der Waals surface area contributed by atoms with Crippen molar-refractivity contribution in [3.8, 4) is 11.1 Å². The molecule has 1 aromatic heterocycles. The standard InChI is InChI=1S/C19H13Cl2F4N3O/c1-28-9-11(18(27-28)19(23,24)25)7-17(29)26-16-8-12(22)3-4-13(16)10-2-5-14(20)15(21)6-10/h2-6,8-9H,7H2,1H3,(H,26,29). The van der Waals surface area contributed by atoms with Crippen LogP contribution in [0.5, 0.6) is 0 Å². The summed E-state index contributed by atoms with van der Waals surface area (Å²) in [6.07, 6.45) is -4.16. The summed E-state index contributed by atoms with van der Waals surface area (Å²) in [5.41, 5.74) is -0.359. The zero-order valence-electron chi connectivity index (χ0n) is 14.8. The van der Waals surface area contributed by atoms with Crippen molar-refractivity contribution in [3.05, 3.63) is 69.7 Å². The van der Waals surface area contributed by atoms with Gasteiger partial charge in [0.2, 0.25) is 5.91 Å². The van der Waals surface area contributed by atoms with Crippen LogP contribution in [-0.4, -0.2) is 15.7 Å². The summed E-state index contributed by atoms with van der Waals surface area (Å²) in [6.45, 7) is 0. The zero-order chi connectivity index (χ0) is 21.3. The van der Waals surface area contributed by atoms with Crippen molar-refractivity contribution >= 4 is 34.8 Å². The van der Waals surface area contributed by atoms with E-state index in [1.165, 1.54) is 25.2 Å². The van der Waals surface area contributed by atoms with Crippen molar-refractivity contribution in [2.24, 2.45) is 7.05 Å². The molecule has 2 aromatic carbocycles. The first-order valence-corrected chi connectivity index (χ1v) is 8.94. The van der Waals surface area contributed by atoms with Crippen molar-refractivity contribution in [2.45, 2.75) is 12.6 Å². The van der Waals surface area contributed by atoms with Gasteiger partial charge in [-0.05, 0) is 35.9 Å². The normalized spacial score (nSPS) is 11.6. The van der Waals surface area contributed by atoms with E-state index in [2.05, 4.69) is 10.4 Å². The average molecular weight is 446 g/mol. The first-order chi connectivity index (χ1) is 13.5. The lowest BCUT2D eigenvalue weighted by atomic mass is 10.0. The molecule has 0 aliphatic rings. The van der Waals surface area contributed by atoms with Crippen LogP contribution in [0.25, 0.3) is 11.1 Å². The highest BCUT2D eigenvalue weighted by molar-refractivity contribution is 6.42. The molecule has 3 rings (SSSR count). The predicted molar refractivity (Wildman–Crippen MR) is 102 cm³/mol. The Balaban J connectivity index is 1.90. The van der Waals surface area contributed by atoms with Crippen molar-refractivity contribution in [1.29, 1.82) is 0 Å². The van der Waals surface area contributed by atoms with Crippen LogP contribution in [0.1, 0.15) is 11.3 Å². The number of benzene rings is 2. The highest BCUT2D eigenvalue weighted by Crippen LogP contribution is 2.34. The highest BCUT2D eigenvalue weighted by Gasteiger charge is 2.37. The maximum atomic E-state index is 13.7. The van der Waals surface area contributed by atoms with Gasteiger partial charge in [0, 0.05) is 24.4 Å². The Morgan fingerprint density at radius 3 is 2.52 bits per heavy atom. The molecule has 4 nitrogen and oxygen atoms in total. The molecule has 0 unspecified atom stereocenters. The fourth-order valence-corrected chi connectivity index (χ4v) is 3.11. The summed E-state index contributed by atoms with van der Waals surface area (Å²) < 4.78 is 53.9. The van der Waals surface area contributed by atoms with Gasteiger partial charge in [-0.1, -0.05) is 29.3 Å². The second-order valence-corrected chi connectivity index (χ2v) is 7.03. The summed E-state index contributed by atoms with van der Waals surface area (Å²) in [7, 11) is 1.32. The smallest absolute Gasteiger partial charge is 0.325 e. The third-order valence-electron chi connectivity index (χ3n) is 4.01. The second-order valence-electron chi connectivity index (χ2n) is 6.22. The topological polar surface area (TPSA) is 46.9 Å². The van der Waals surface area contributed by atoms with Gasteiger partial charge in [0.1, 0.15) is 5.82 Å². The maximum absolute atomic E-state index is 13.7. The number of rotatable bonds is 4. The molecule has 0 bridgehead atoms. The molecule has 0 aliphatic carbocycles. The van der Waals surface area contributed by atoms with E-state index in [1.807, 2.05) is 0 Å². The molecule has 10 heteroatoms. The fraction of sp³-hybridized carbons (Fsp3) is 0.158. The largest absolute Gasteiger partial charge is 0.435 e. The van der Waals surface area contributed by atoms with Crippen LogP contribution in [-0.2, 0) is 24.4 Å². The number of nitrogens with zero attached hydrogens (tertiary/aromatic N) is 2. The van der Waals surface area contributed by atoms with Gasteiger partial charge in [-0.2, -0.15) is 18.3 Å². The van der Waals surface area contributed by atoms with Crippen LogP contribution < -0.4 is 5.32 Å². The van der Waals surface area contributed by atoms with Gasteiger partial charge < -0.3 is 5.32 Å². The van der Waals surface area contributed by atoms with Gasteiger partial charge in [-0.15, -0.1) is 0 Å². The fourth-order valence-electron chi connectivity index (χ4n) is 2.81. The van der Waals surface area contributed by atoms with Gasteiger partial charge in [0.05, 0.1) is 22.2 Å². The number of halogens is 6. The van der Waals surface area contributed by atoms with E-state index in [0.717, 1.165) is 16.9 Å². The molecule has 29 heavy (non-hydrogen) atoms. The highest BCUT2D eigenvalue weighted by atomic mass is 35.5. The van der Waals surface area contributed by atoms with Crippen LogP contribution in [0.2, 0.25) is 10.0 Å². The third kappa shape index (κ3) is 4.89. The van der Waals surface area contributed by atoms with E-state index in [1.54, 1.807) is 12.1 Å². The number of amides is 1. The summed E-state index contributed by atoms with van der Waals surface area (Å²) in [4.78, 5) is 12.4. The Bertz CT molecular complexity index is 1080. The Hall–Kier alpha value is -2.58. The summed E-state index contributed by atoms with van der Waals surface area (Å²) in [5.74, 6) is -1.38. The van der Waals surface area contributed by atoms with Crippen molar-refractivity contribution < 1.29 is 22.4 Å². The third-order valence-corrected chi connectivity index (χ3v) is 4.75. The molecule has 0 saturated heterocycles. The van der Waals surface area contributed by atoms with E-state index >= 15 is 0 Å². The van der Waals surface area contributed by atoms with Crippen LogP contribution in [0.4, 0.5) is 23.2 Å². The lowest BCUT2D eigenvalue weighted by Gasteiger charge is -2.13. The quantitative estimate of drug-likeness (QED) is 0.521. The number of aryl methyl sites for hydroxylation is 1. The number of hydrogen-bond donors (Lipinski definition) is 1. The van der Waals surface area contributed by atoms with E-state index in [4.69, 9.17) is 23.2 Å². The first kappa shape index (κ1) is 21.1. The molecular formula is C19H13Cl2F4N3O. The number of aromatic nitrogens is 2. The summed E-state index contributed by atoms with van der Waals surface area (Å²) in [5, 5.41) is 6.40. The number of carbonyl (C=O) groups excluding carboxylic acids is 1. The molecule has 152 valence electrons. The van der Waals surface area contributed by atoms with Crippen LogP contribution in [0.3, 0.4) is 0 Å². The first-order valence-electron chi connectivity index (χ1n) is 8.19. The molecule has 0 saturated carbocycles. The monoisotopic (exact) mass is 445 g/mol. The number of hydrogen-bond acceptors (Lipinski definition) is 2. The molecule has 1 amide bonds. The Morgan fingerprint density at radius 2 is 1.86 bits per heavy atom. The molecule has 0 radical (unpaired) electrons. The van der Waals surface area contributed by atoms with Gasteiger partial charge in [-0.3, -0.25) is 9.48 Å². The molecule has 0 aliphatic heterocycles. The molecule has 1 heterocycles. The number of nitrogens with one attached hydrogen (secondary N) is 1. The van der Waals surface area contributed by atoms with E-state index in [-0.39, 0.29) is 16.3 Å². The molecule has 0 spiro atoms. The van der Waals surface area contributed by atoms with Gasteiger partial charge in [0.25, 0.3) is 0 Å². The molecule has 1 N–H and O–H groups in total. The lowest BCUT2D eigenvalue weighted by Crippen LogP contribution is -2.18. The Kier molecular flexibility index (Phi) is 5.86. The number of anilines is 1. The van der Waals surface area contributed by atoms with E-state index in [0.29, 0.717) is 16.1 Å². The van der Waals surface area contributed by atoms with E-state index < -0.39 is 30.0 Å². The molecular weight excluding hydrogens is 433 g/mol. The zero-order valence-corrected chi connectivity index (χ0v) is 16.3. The Morgan fingerprint density at radius 1 is 1.14 bits per heavy atom. The van der Waals surface area contributed by atoms with Crippen LogP contribution >= 0.6 is 23.2 Å². The second kappa shape index (κ2) is 8.04. The minimum Gasteiger partial charge on any atom is -0.325 e. The molecule has 3 aromatic rings. The van der Waals surface area contributed by atoms with Gasteiger partial charge in [-0.25, -0.2) is 4.39 Å². The predicted octanol–water partition coefficient (Wildman–Crippen LogP) is 5.73. The van der Waals surface area contributed by atoms with Crippen LogP contribution in [0, 0.1) is 5.82 Å². The minimum absolute atomic E-state index is 0.0887. The van der Waals surface area contributed by atoms with Crippen molar-refractivity contribution in [2.75, 3.05) is 5.32 Å². The summed E-state index contributed by atoms with van der Waals surface area (Å²) >= 11 is 11.9. The van der Waals surface area contributed by atoms with E-state index in [9.17, 15) is 22.4 Å². The maximum Gasteiger partial charge on any atom is 0.435 e. The molecule has 0 atom stereocenters. The van der Waals surface area contributed by atoms with Crippen molar-refractivity contribution in [1.82, 2.24) is 9.78 Å². The SMILES string of the molecule is Cn1cc(CC(=O)Nc2cc(F)ccc2-c2ccc(Cl)c(Cl)c2)c(C(F)(F)F)n1. The summed E-state index contributed by atoms with van der Waals surface area (Å²) in [6, 6.07) is 8.39. The van der Waals surface area contributed by atoms with Gasteiger partial charge in [0.15, 0.2) is 5.69 Å². The van der Waals surface area contributed by atoms with Crippen LogP contribution in [0.15, 0.2) is 42.6 Å². The van der Waals surface area contributed by atoms with Gasteiger partial charge >= 0.3 is 6.18 Å².